The number of rotatable bonds is 4. The van der Waals surface area contributed by atoms with Crippen LogP contribution in [0.2, 0.25) is 0 Å². The molecule has 1 fully saturated rings. The van der Waals surface area contributed by atoms with E-state index in [9.17, 15) is 0 Å². The first-order chi connectivity index (χ1) is 11.8. The number of hydrogen-bond donors (Lipinski definition) is 1. The standard InChI is InChI=1S/C19H20N4S/c24-19-21-20-18(23(19)16-10-5-2-6-11-16)17-12-7-13-22(17)14-15-8-3-1-4-9-15/h1-6,8-11,17H,7,12-14H2,(H,21,24)/t17-/m0/s1. The number of hydrogen-bond acceptors (Lipinski definition) is 3. The molecular weight excluding hydrogens is 316 g/mol. The zero-order valence-corrected chi connectivity index (χ0v) is 14.2. The van der Waals surface area contributed by atoms with E-state index in [2.05, 4.69) is 62.1 Å². The van der Waals surface area contributed by atoms with Crippen molar-refractivity contribution in [3.63, 3.8) is 0 Å². The van der Waals surface area contributed by atoms with Gasteiger partial charge in [-0.3, -0.25) is 14.6 Å². The zero-order valence-electron chi connectivity index (χ0n) is 13.4. The summed E-state index contributed by atoms with van der Waals surface area (Å²) in [6.45, 7) is 2.04. The molecule has 0 spiro atoms. The fourth-order valence-electron chi connectivity index (χ4n) is 3.48. The monoisotopic (exact) mass is 336 g/mol. The molecule has 3 aromatic rings. The maximum Gasteiger partial charge on any atom is 0.199 e. The number of para-hydroxylation sites is 1. The first-order valence-corrected chi connectivity index (χ1v) is 8.74. The number of aromatic amines is 1. The molecule has 2 aromatic carbocycles. The van der Waals surface area contributed by atoms with Crippen LogP contribution in [0, 0.1) is 4.77 Å². The highest BCUT2D eigenvalue weighted by molar-refractivity contribution is 7.71. The van der Waals surface area contributed by atoms with Gasteiger partial charge in [0, 0.05) is 12.2 Å². The number of H-pyrrole nitrogens is 1. The molecule has 0 unspecified atom stereocenters. The Balaban J connectivity index is 1.67. The number of nitrogens with one attached hydrogen (secondary N) is 1. The van der Waals surface area contributed by atoms with Crippen molar-refractivity contribution in [2.75, 3.05) is 6.54 Å². The van der Waals surface area contributed by atoms with E-state index in [1.165, 1.54) is 12.0 Å². The minimum atomic E-state index is 0.290. The highest BCUT2D eigenvalue weighted by Crippen LogP contribution is 2.33. The van der Waals surface area contributed by atoms with Crippen LogP contribution in [0.25, 0.3) is 5.69 Å². The van der Waals surface area contributed by atoms with Crippen LogP contribution in [0.5, 0.6) is 0 Å². The second-order valence-electron chi connectivity index (χ2n) is 6.17. The summed E-state index contributed by atoms with van der Waals surface area (Å²) < 4.78 is 2.73. The highest BCUT2D eigenvalue weighted by Gasteiger charge is 2.30. The molecule has 0 saturated carbocycles. The van der Waals surface area contributed by atoms with Gasteiger partial charge in [-0.2, -0.15) is 5.10 Å². The molecule has 2 heterocycles. The van der Waals surface area contributed by atoms with Crippen LogP contribution >= 0.6 is 12.2 Å². The minimum absolute atomic E-state index is 0.290. The van der Waals surface area contributed by atoms with Gasteiger partial charge < -0.3 is 0 Å². The van der Waals surface area contributed by atoms with E-state index < -0.39 is 0 Å². The molecule has 5 heteroatoms. The molecule has 1 atom stereocenters. The van der Waals surface area contributed by atoms with Gasteiger partial charge in [-0.05, 0) is 49.3 Å². The zero-order chi connectivity index (χ0) is 16.4. The molecule has 0 bridgehead atoms. The second kappa shape index (κ2) is 6.71. The minimum Gasteiger partial charge on any atom is -0.289 e. The molecule has 24 heavy (non-hydrogen) atoms. The van der Waals surface area contributed by atoms with Gasteiger partial charge in [-0.1, -0.05) is 48.5 Å². The summed E-state index contributed by atoms with van der Waals surface area (Å²) >= 11 is 5.49. The summed E-state index contributed by atoms with van der Waals surface area (Å²) in [7, 11) is 0. The van der Waals surface area contributed by atoms with E-state index in [0.717, 1.165) is 31.0 Å². The van der Waals surface area contributed by atoms with Crippen molar-refractivity contribution in [3.05, 3.63) is 76.8 Å². The lowest BCUT2D eigenvalue weighted by molar-refractivity contribution is 0.237. The summed E-state index contributed by atoms with van der Waals surface area (Å²) in [5, 5.41) is 7.56. The van der Waals surface area contributed by atoms with E-state index >= 15 is 0 Å². The van der Waals surface area contributed by atoms with E-state index in [1.54, 1.807) is 0 Å². The van der Waals surface area contributed by atoms with Gasteiger partial charge in [-0.15, -0.1) is 0 Å². The molecule has 1 aliphatic heterocycles. The van der Waals surface area contributed by atoms with Gasteiger partial charge in [0.15, 0.2) is 10.6 Å². The van der Waals surface area contributed by atoms with Gasteiger partial charge in [0.25, 0.3) is 0 Å². The first-order valence-electron chi connectivity index (χ1n) is 8.33. The first kappa shape index (κ1) is 15.3. The quantitative estimate of drug-likeness (QED) is 0.723. The topological polar surface area (TPSA) is 36.9 Å². The average molecular weight is 336 g/mol. The average Bonchev–Trinajstić information content (AvgIpc) is 3.23. The van der Waals surface area contributed by atoms with Crippen molar-refractivity contribution in [1.29, 1.82) is 0 Å². The molecule has 0 amide bonds. The third kappa shape index (κ3) is 2.92. The van der Waals surface area contributed by atoms with Crippen molar-refractivity contribution in [3.8, 4) is 5.69 Å². The van der Waals surface area contributed by atoms with Crippen molar-refractivity contribution in [2.24, 2.45) is 0 Å². The number of likely N-dealkylation sites (tertiary alicyclic amines) is 1. The van der Waals surface area contributed by atoms with Crippen LogP contribution in [-0.2, 0) is 6.54 Å². The van der Waals surface area contributed by atoms with E-state index in [1.807, 2.05) is 18.2 Å². The van der Waals surface area contributed by atoms with Gasteiger partial charge in [-0.25, -0.2) is 0 Å². The van der Waals surface area contributed by atoms with E-state index in [0.29, 0.717) is 10.8 Å². The molecular formula is C19H20N4S. The van der Waals surface area contributed by atoms with E-state index in [4.69, 9.17) is 12.2 Å². The third-order valence-corrected chi connectivity index (χ3v) is 4.88. The Labute approximate surface area is 146 Å². The molecule has 1 N–H and O–H groups in total. The van der Waals surface area contributed by atoms with Crippen LogP contribution in [0.15, 0.2) is 60.7 Å². The molecule has 1 saturated heterocycles. The number of nitrogens with zero attached hydrogens (tertiary/aromatic N) is 3. The largest absolute Gasteiger partial charge is 0.289 e. The maximum atomic E-state index is 5.49. The van der Waals surface area contributed by atoms with Crippen LogP contribution in [0.4, 0.5) is 0 Å². The van der Waals surface area contributed by atoms with Crippen molar-refractivity contribution >= 4 is 12.2 Å². The summed E-state index contributed by atoms with van der Waals surface area (Å²) in [4.78, 5) is 2.50. The van der Waals surface area contributed by atoms with Gasteiger partial charge in [0.05, 0.1) is 6.04 Å². The SMILES string of the molecule is S=c1[nH]nc([C@@H]2CCCN2Cc2ccccc2)n1-c1ccccc1. The molecule has 0 aliphatic carbocycles. The summed E-state index contributed by atoms with van der Waals surface area (Å²) in [5.41, 5.74) is 2.41. The molecule has 0 radical (unpaired) electrons. The summed E-state index contributed by atoms with van der Waals surface area (Å²) in [6, 6.07) is 21.1. The lowest BCUT2D eigenvalue weighted by atomic mass is 10.1. The molecule has 1 aromatic heterocycles. The van der Waals surface area contributed by atoms with Crippen molar-refractivity contribution in [2.45, 2.75) is 25.4 Å². The molecule has 122 valence electrons. The predicted octanol–water partition coefficient (Wildman–Crippen LogP) is 4.27. The Morgan fingerprint density at radius 2 is 1.75 bits per heavy atom. The Kier molecular flexibility index (Phi) is 4.28. The fourth-order valence-corrected chi connectivity index (χ4v) is 3.73. The Hall–Kier alpha value is -2.24. The van der Waals surface area contributed by atoms with Crippen LogP contribution in [-0.4, -0.2) is 26.2 Å². The van der Waals surface area contributed by atoms with Crippen molar-refractivity contribution < 1.29 is 0 Å². The smallest absolute Gasteiger partial charge is 0.199 e. The van der Waals surface area contributed by atoms with Crippen LogP contribution < -0.4 is 0 Å². The van der Waals surface area contributed by atoms with Crippen LogP contribution in [0.1, 0.15) is 30.3 Å². The second-order valence-corrected chi connectivity index (χ2v) is 6.56. The normalized spacial score (nSPS) is 18.1. The Morgan fingerprint density at radius 3 is 2.50 bits per heavy atom. The highest BCUT2D eigenvalue weighted by atomic mass is 32.1. The predicted molar refractivity (Wildman–Crippen MR) is 97.6 cm³/mol. The molecule has 1 aliphatic rings. The Bertz CT molecular complexity index is 854. The van der Waals surface area contributed by atoms with Gasteiger partial charge >= 0.3 is 0 Å². The summed E-state index contributed by atoms with van der Waals surface area (Å²) in [6.07, 6.45) is 2.30. The van der Waals surface area contributed by atoms with Gasteiger partial charge in [0.1, 0.15) is 0 Å². The van der Waals surface area contributed by atoms with Gasteiger partial charge in [0.2, 0.25) is 0 Å². The molecule has 4 rings (SSSR count). The lowest BCUT2D eigenvalue weighted by Crippen LogP contribution is -2.25. The van der Waals surface area contributed by atoms with E-state index in [-0.39, 0.29) is 0 Å². The fraction of sp³-hybridized carbons (Fsp3) is 0.263. The maximum absolute atomic E-state index is 5.49. The Morgan fingerprint density at radius 1 is 1.04 bits per heavy atom. The number of aromatic nitrogens is 3. The van der Waals surface area contributed by atoms with Crippen molar-refractivity contribution in [1.82, 2.24) is 19.7 Å². The molecule has 4 nitrogen and oxygen atoms in total. The third-order valence-electron chi connectivity index (χ3n) is 4.60. The number of benzene rings is 2. The van der Waals surface area contributed by atoms with Crippen LogP contribution in [0.3, 0.4) is 0 Å². The summed E-state index contributed by atoms with van der Waals surface area (Å²) in [5.74, 6) is 1.01. The lowest BCUT2D eigenvalue weighted by Gasteiger charge is -2.24.